The number of hydrogen-bond acceptors (Lipinski definition) is 2. The topological polar surface area (TPSA) is 35.2 Å². The summed E-state index contributed by atoms with van der Waals surface area (Å²) in [6, 6.07) is 0. The van der Waals surface area contributed by atoms with Gasteiger partial charge in [-0.15, -0.1) is 0 Å². The van der Waals surface area contributed by atoms with Gasteiger partial charge in [-0.2, -0.15) is 0 Å². The molecule has 0 aromatic heterocycles. The van der Waals surface area contributed by atoms with Crippen molar-refractivity contribution in [2.75, 3.05) is 19.8 Å². The third-order valence-corrected chi connectivity index (χ3v) is 3.33. The van der Waals surface area contributed by atoms with Crippen molar-refractivity contribution in [3.63, 3.8) is 0 Å². The van der Waals surface area contributed by atoms with Crippen molar-refractivity contribution < 1.29 is 4.74 Å². The van der Waals surface area contributed by atoms with Crippen LogP contribution in [0.25, 0.3) is 0 Å². The fourth-order valence-corrected chi connectivity index (χ4v) is 2.27. The Morgan fingerprint density at radius 1 is 1.42 bits per heavy atom. The molecule has 0 aliphatic carbocycles. The quantitative estimate of drug-likeness (QED) is 0.698. The summed E-state index contributed by atoms with van der Waals surface area (Å²) < 4.78 is 5.31. The van der Waals surface area contributed by atoms with E-state index in [4.69, 9.17) is 10.5 Å². The van der Waals surface area contributed by atoms with Crippen LogP contribution < -0.4 is 5.73 Å². The number of rotatable bonds is 4. The Kier molecular flexibility index (Phi) is 3.13. The van der Waals surface area contributed by atoms with Crippen LogP contribution in [0.1, 0.15) is 27.2 Å². The lowest BCUT2D eigenvalue weighted by Gasteiger charge is -2.48. The molecule has 0 saturated carbocycles. The van der Waals surface area contributed by atoms with Gasteiger partial charge in [-0.3, -0.25) is 0 Å². The molecule has 0 radical (unpaired) electrons. The molecule has 1 atom stereocenters. The number of ether oxygens (including phenoxy) is 1. The van der Waals surface area contributed by atoms with Crippen LogP contribution in [-0.2, 0) is 4.74 Å². The molecule has 2 nitrogen and oxygen atoms in total. The summed E-state index contributed by atoms with van der Waals surface area (Å²) in [5, 5.41) is 0. The van der Waals surface area contributed by atoms with Crippen molar-refractivity contribution in [2.24, 2.45) is 23.0 Å². The highest BCUT2D eigenvalue weighted by molar-refractivity contribution is 4.92. The summed E-state index contributed by atoms with van der Waals surface area (Å²) in [6.45, 7) is 9.40. The van der Waals surface area contributed by atoms with E-state index < -0.39 is 0 Å². The largest absolute Gasteiger partial charge is 0.380 e. The molecular formula is C10H21NO. The summed E-state index contributed by atoms with van der Waals surface area (Å²) in [4.78, 5) is 0. The van der Waals surface area contributed by atoms with Gasteiger partial charge in [-0.25, -0.2) is 0 Å². The molecule has 12 heavy (non-hydrogen) atoms. The van der Waals surface area contributed by atoms with Crippen molar-refractivity contribution >= 4 is 0 Å². The van der Waals surface area contributed by atoms with Gasteiger partial charge in [0, 0.05) is 5.41 Å². The second kappa shape index (κ2) is 3.75. The molecule has 0 aromatic carbocycles. The number of nitrogens with two attached hydrogens (primary N) is 1. The molecule has 2 N–H and O–H groups in total. The van der Waals surface area contributed by atoms with Gasteiger partial charge in [-0.1, -0.05) is 20.8 Å². The third-order valence-electron chi connectivity index (χ3n) is 3.33. The Hall–Kier alpha value is -0.0800. The molecule has 1 aliphatic rings. The average molecular weight is 171 g/mol. The van der Waals surface area contributed by atoms with Gasteiger partial charge in [0.1, 0.15) is 0 Å². The highest BCUT2D eigenvalue weighted by Gasteiger charge is 2.44. The molecule has 0 amide bonds. The molecule has 2 heteroatoms. The Morgan fingerprint density at radius 2 is 2.00 bits per heavy atom. The Labute approximate surface area is 75.5 Å². The van der Waals surface area contributed by atoms with E-state index >= 15 is 0 Å². The monoisotopic (exact) mass is 171 g/mol. The molecule has 1 fully saturated rings. The van der Waals surface area contributed by atoms with Crippen molar-refractivity contribution in [1.29, 1.82) is 0 Å². The lowest BCUT2D eigenvalue weighted by Crippen LogP contribution is -2.52. The Morgan fingerprint density at radius 3 is 2.08 bits per heavy atom. The van der Waals surface area contributed by atoms with Crippen molar-refractivity contribution in [2.45, 2.75) is 27.2 Å². The summed E-state index contributed by atoms with van der Waals surface area (Å²) in [6.07, 6.45) is 1.20. The second-order valence-corrected chi connectivity index (χ2v) is 4.29. The van der Waals surface area contributed by atoms with Crippen molar-refractivity contribution in [3.05, 3.63) is 0 Å². The molecule has 0 bridgehead atoms. The second-order valence-electron chi connectivity index (χ2n) is 4.29. The van der Waals surface area contributed by atoms with E-state index in [0.717, 1.165) is 19.8 Å². The number of hydrogen-bond donors (Lipinski definition) is 1. The summed E-state index contributed by atoms with van der Waals surface area (Å²) in [5.74, 6) is 1.31. The van der Waals surface area contributed by atoms with E-state index in [2.05, 4.69) is 20.8 Å². The predicted molar refractivity (Wildman–Crippen MR) is 50.9 cm³/mol. The zero-order valence-electron chi connectivity index (χ0n) is 8.47. The molecule has 0 spiro atoms. The summed E-state index contributed by atoms with van der Waals surface area (Å²) in [5.41, 5.74) is 6.19. The van der Waals surface area contributed by atoms with Crippen LogP contribution in [0.15, 0.2) is 0 Å². The van der Waals surface area contributed by atoms with Crippen LogP contribution >= 0.6 is 0 Å². The Balaban J connectivity index is 2.61. The van der Waals surface area contributed by atoms with Gasteiger partial charge in [-0.05, 0) is 24.8 Å². The van der Waals surface area contributed by atoms with Crippen LogP contribution in [0.5, 0.6) is 0 Å². The van der Waals surface area contributed by atoms with Gasteiger partial charge >= 0.3 is 0 Å². The first-order chi connectivity index (χ1) is 5.66. The Bertz CT molecular complexity index is 135. The molecule has 1 rings (SSSR count). The molecular weight excluding hydrogens is 150 g/mol. The highest BCUT2D eigenvalue weighted by atomic mass is 16.5. The van der Waals surface area contributed by atoms with E-state index in [-0.39, 0.29) is 0 Å². The van der Waals surface area contributed by atoms with Crippen molar-refractivity contribution in [1.82, 2.24) is 0 Å². The normalized spacial score (nSPS) is 23.8. The third kappa shape index (κ3) is 1.50. The summed E-state index contributed by atoms with van der Waals surface area (Å²) >= 11 is 0. The fraction of sp³-hybridized carbons (Fsp3) is 1.00. The molecule has 72 valence electrons. The highest BCUT2D eigenvalue weighted by Crippen LogP contribution is 2.42. The van der Waals surface area contributed by atoms with Gasteiger partial charge in [0.25, 0.3) is 0 Å². The van der Waals surface area contributed by atoms with Gasteiger partial charge in [0.15, 0.2) is 0 Å². The fourth-order valence-electron chi connectivity index (χ4n) is 2.27. The first-order valence-corrected chi connectivity index (χ1v) is 4.94. The first kappa shape index (κ1) is 10.0. The van der Waals surface area contributed by atoms with E-state index in [1.807, 2.05) is 0 Å². The maximum Gasteiger partial charge on any atom is 0.0547 e. The maximum absolute atomic E-state index is 5.79. The molecule has 1 unspecified atom stereocenters. The van der Waals surface area contributed by atoms with E-state index in [1.165, 1.54) is 6.42 Å². The van der Waals surface area contributed by atoms with Crippen molar-refractivity contribution in [3.8, 4) is 0 Å². The van der Waals surface area contributed by atoms with E-state index in [0.29, 0.717) is 17.3 Å². The average Bonchev–Trinajstić information content (AvgIpc) is 1.95. The smallest absolute Gasteiger partial charge is 0.0547 e. The zero-order chi connectivity index (χ0) is 9.19. The molecule has 1 heterocycles. The minimum atomic E-state index is 0.406. The minimum Gasteiger partial charge on any atom is -0.380 e. The van der Waals surface area contributed by atoms with E-state index in [1.54, 1.807) is 0 Å². The molecule has 0 aromatic rings. The van der Waals surface area contributed by atoms with Gasteiger partial charge in [0.05, 0.1) is 13.2 Å². The van der Waals surface area contributed by atoms with Crippen LogP contribution in [-0.4, -0.2) is 19.8 Å². The molecule has 1 saturated heterocycles. The van der Waals surface area contributed by atoms with Crippen LogP contribution in [0.4, 0.5) is 0 Å². The minimum absolute atomic E-state index is 0.406. The first-order valence-electron chi connectivity index (χ1n) is 4.94. The zero-order valence-corrected chi connectivity index (χ0v) is 8.47. The SMILES string of the molecule is CCC1(C(CN)C(C)C)COC1. The summed E-state index contributed by atoms with van der Waals surface area (Å²) in [7, 11) is 0. The van der Waals surface area contributed by atoms with Crippen LogP contribution in [0.2, 0.25) is 0 Å². The van der Waals surface area contributed by atoms with Gasteiger partial charge in [0.2, 0.25) is 0 Å². The molecule has 1 aliphatic heterocycles. The van der Waals surface area contributed by atoms with E-state index in [9.17, 15) is 0 Å². The predicted octanol–water partition coefficient (Wildman–Crippen LogP) is 1.64. The van der Waals surface area contributed by atoms with Crippen LogP contribution in [0.3, 0.4) is 0 Å². The van der Waals surface area contributed by atoms with Crippen LogP contribution in [0, 0.1) is 17.3 Å². The lowest BCUT2D eigenvalue weighted by molar-refractivity contribution is -0.155. The van der Waals surface area contributed by atoms with Gasteiger partial charge < -0.3 is 10.5 Å². The maximum atomic E-state index is 5.79. The standard InChI is InChI=1S/C10H21NO/c1-4-10(6-12-7-10)9(5-11)8(2)3/h8-9H,4-7,11H2,1-3H3. The lowest BCUT2D eigenvalue weighted by atomic mass is 9.67.